The molecule has 30 heavy (non-hydrogen) atoms. The van der Waals surface area contributed by atoms with Crippen molar-refractivity contribution in [2.75, 3.05) is 5.73 Å². The Labute approximate surface area is 176 Å². The molecule has 3 rings (SSSR count). The van der Waals surface area contributed by atoms with Gasteiger partial charge in [0.1, 0.15) is 17.3 Å². The summed E-state index contributed by atoms with van der Waals surface area (Å²) in [6, 6.07) is 18.0. The van der Waals surface area contributed by atoms with Crippen LogP contribution in [0.25, 0.3) is 0 Å². The largest absolute Gasteiger partial charge is 0.457 e. The highest BCUT2D eigenvalue weighted by Crippen LogP contribution is 2.27. The lowest BCUT2D eigenvalue weighted by Gasteiger charge is -2.16. The van der Waals surface area contributed by atoms with Gasteiger partial charge in [0.15, 0.2) is 0 Å². The molecule has 0 aliphatic heterocycles. The summed E-state index contributed by atoms with van der Waals surface area (Å²) in [5.74, 6) is 1.30. The van der Waals surface area contributed by atoms with Crippen LogP contribution in [0, 0.1) is 11.9 Å². The number of nitrogen functional groups attached to an aromatic ring is 1. The van der Waals surface area contributed by atoms with Gasteiger partial charge in [-0.25, -0.2) is 4.98 Å². The van der Waals surface area contributed by atoms with Crippen molar-refractivity contribution in [1.82, 2.24) is 10.3 Å². The van der Waals surface area contributed by atoms with Gasteiger partial charge in [-0.3, -0.25) is 4.79 Å². The van der Waals surface area contributed by atoms with Gasteiger partial charge in [-0.2, -0.15) is 4.39 Å². The zero-order valence-corrected chi connectivity index (χ0v) is 17.4. The molecule has 1 amide bonds. The highest BCUT2D eigenvalue weighted by Gasteiger charge is 2.12. The Morgan fingerprint density at radius 1 is 1.00 bits per heavy atom. The summed E-state index contributed by atoms with van der Waals surface area (Å²) in [5.41, 5.74) is 7.93. The molecule has 0 radical (unpaired) electrons. The summed E-state index contributed by atoms with van der Waals surface area (Å²) in [5, 5.41) is 2.75. The first-order chi connectivity index (χ1) is 14.3. The number of halogens is 1. The fourth-order valence-corrected chi connectivity index (χ4v) is 2.96. The van der Waals surface area contributed by atoms with Crippen LogP contribution in [-0.2, 0) is 6.54 Å². The van der Waals surface area contributed by atoms with Crippen molar-refractivity contribution in [2.45, 2.75) is 33.2 Å². The van der Waals surface area contributed by atoms with Crippen molar-refractivity contribution >= 4 is 11.7 Å². The minimum Gasteiger partial charge on any atom is -0.457 e. The number of carbonyl (C=O) groups excluding carboxylic acids is 1. The quantitative estimate of drug-likeness (QED) is 0.522. The maximum atomic E-state index is 13.0. The van der Waals surface area contributed by atoms with E-state index in [4.69, 9.17) is 10.5 Å². The molecule has 1 unspecified atom stereocenters. The van der Waals surface area contributed by atoms with E-state index in [9.17, 15) is 9.18 Å². The molecular formula is C24H26FN3O2. The first kappa shape index (κ1) is 21.3. The monoisotopic (exact) mass is 407 g/mol. The van der Waals surface area contributed by atoms with Gasteiger partial charge in [-0.05, 0) is 59.4 Å². The fraction of sp³-hybridized carbons (Fsp3) is 0.250. The van der Waals surface area contributed by atoms with E-state index < -0.39 is 11.9 Å². The van der Waals surface area contributed by atoms with Crippen LogP contribution in [-0.4, -0.2) is 10.9 Å². The summed E-state index contributed by atoms with van der Waals surface area (Å²) in [4.78, 5) is 15.7. The smallest absolute Gasteiger partial charge is 0.255 e. The lowest BCUT2D eigenvalue weighted by molar-refractivity contribution is 0.0951. The zero-order chi connectivity index (χ0) is 21.7. The molecule has 156 valence electrons. The Balaban J connectivity index is 1.56. The summed E-state index contributed by atoms with van der Waals surface area (Å²) in [6.07, 6.45) is 0. The number of hydrogen-bond donors (Lipinski definition) is 2. The van der Waals surface area contributed by atoms with Gasteiger partial charge in [-0.15, -0.1) is 0 Å². The van der Waals surface area contributed by atoms with E-state index in [1.54, 1.807) is 0 Å². The van der Waals surface area contributed by atoms with Crippen molar-refractivity contribution < 1.29 is 13.9 Å². The third kappa shape index (κ3) is 5.35. The van der Waals surface area contributed by atoms with Crippen molar-refractivity contribution in [2.24, 2.45) is 5.92 Å². The van der Waals surface area contributed by atoms with Crippen LogP contribution in [0.3, 0.4) is 0 Å². The number of aromatic nitrogens is 1. The lowest BCUT2D eigenvalue weighted by Crippen LogP contribution is -2.24. The number of pyridine rings is 1. The van der Waals surface area contributed by atoms with E-state index >= 15 is 0 Å². The molecule has 0 fully saturated rings. The molecule has 0 saturated carbocycles. The molecule has 3 N–H and O–H groups in total. The Kier molecular flexibility index (Phi) is 6.67. The number of rotatable bonds is 7. The van der Waals surface area contributed by atoms with Crippen molar-refractivity contribution in [3.63, 3.8) is 0 Å². The molecule has 2 aromatic carbocycles. The molecule has 0 spiro atoms. The van der Waals surface area contributed by atoms with Gasteiger partial charge < -0.3 is 15.8 Å². The standard InChI is InChI=1S/C24H26FN3O2/c1-15(2)16(3)18-6-10-20(11-7-18)30-19-8-4-17(5-9-19)14-27-24(29)21-12-13-22(25)28-23(21)26/h4-13,15-16H,14H2,1-3H3,(H2,26,28)(H,27,29). The van der Waals surface area contributed by atoms with Gasteiger partial charge in [0.2, 0.25) is 5.95 Å². The summed E-state index contributed by atoms with van der Waals surface area (Å²) in [6.45, 7) is 6.95. The second-order valence-electron chi connectivity index (χ2n) is 7.60. The van der Waals surface area contributed by atoms with Gasteiger partial charge >= 0.3 is 0 Å². The average molecular weight is 407 g/mol. The number of anilines is 1. The van der Waals surface area contributed by atoms with Gasteiger partial charge in [0.25, 0.3) is 5.91 Å². The first-order valence-electron chi connectivity index (χ1n) is 9.90. The van der Waals surface area contributed by atoms with Crippen LogP contribution >= 0.6 is 0 Å². The normalized spacial score (nSPS) is 11.9. The third-order valence-electron chi connectivity index (χ3n) is 5.15. The van der Waals surface area contributed by atoms with E-state index in [0.29, 0.717) is 24.1 Å². The molecule has 0 aliphatic rings. The predicted octanol–water partition coefficient (Wildman–Crippen LogP) is 5.28. The minimum atomic E-state index is -0.719. The van der Waals surface area contributed by atoms with Crippen LogP contribution in [0.5, 0.6) is 11.5 Å². The number of benzene rings is 2. The molecule has 5 nitrogen and oxygen atoms in total. The Morgan fingerprint density at radius 3 is 2.17 bits per heavy atom. The van der Waals surface area contributed by atoms with Crippen LogP contribution in [0.2, 0.25) is 0 Å². The summed E-state index contributed by atoms with van der Waals surface area (Å²) >= 11 is 0. The summed E-state index contributed by atoms with van der Waals surface area (Å²) in [7, 11) is 0. The average Bonchev–Trinajstić information content (AvgIpc) is 2.73. The number of hydrogen-bond acceptors (Lipinski definition) is 4. The fourth-order valence-electron chi connectivity index (χ4n) is 2.96. The number of nitrogens with one attached hydrogen (secondary N) is 1. The molecule has 0 aliphatic carbocycles. The SMILES string of the molecule is CC(C)C(C)c1ccc(Oc2ccc(CNC(=O)c3ccc(F)nc3N)cc2)cc1. The molecule has 1 atom stereocenters. The second kappa shape index (κ2) is 9.39. The Morgan fingerprint density at radius 2 is 1.60 bits per heavy atom. The van der Waals surface area contributed by atoms with Gasteiger partial charge in [0, 0.05) is 6.54 Å². The Hall–Kier alpha value is -3.41. The van der Waals surface area contributed by atoms with E-state index in [-0.39, 0.29) is 11.4 Å². The number of ether oxygens (including phenoxy) is 1. The zero-order valence-electron chi connectivity index (χ0n) is 17.4. The van der Waals surface area contributed by atoms with E-state index in [0.717, 1.165) is 17.4 Å². The van der Waals surface area contributed by atoms with Crippen LogP contribution in [0.15, 0.2) is 60.7 Å². The number of nitrogens with zero attached hydrogens (tertiary/aromatic N) is 1. The topological polar surface area (TPSA) is 77.2 Å². The minimum absolute atomic E-state index is 0.134. The maximum absolute atomic E-state index is 13.0. The second-order valence-corrected chi connectivity index (χ2v) is 7.60. The highest BCUT2D eigenvalue weighted by atomic mass is 19.1. The number of nitrogens with two attached hydrogens (primary N) is 1. The third-order valence-corrected chi connectivity index (χ3v) is 5.15. The van der Waals surface area contributed by atoms with Gasteiger partial charge in [0.05, 0.1) is 5.56 Å². The molecule has 3 aromatic rings. The number of amides is 1. The van der Waals surface area contributed by atoms with E-state index in [1.165, 1.54) is 11.6 Å². The first-order valence-corrected chi connectivity index (χ1v) is 9.90. The van der Waals surface area contributed by atoms with Crippen LogP contribution in [0.4, 0.5) is 10.2 Å². The lowest BCUT2D eigenvalue weighted by atomic mass is 9.90. The number of carbonyl (C=O) groups is 1. The molecule has 0 saturated heterocycles. The van der Waals surface area contributed by atoms with Crippen molar-refractivity contribution in [1.29, 1.82) is 0 Å². The maximum Gasteiger partial charge on any atom is 0.255 e. The van der Waals surface area contributed by atoms with Crippen LogP contribution < -0.4 is 15.8 Å². The molecular weight excluding hydrogens is 381 g/mol. The van der Waals surface area contributed by atoms with E-state index in [1.807, 2.05) is 36.4 Å². The molecule has 1 aromatic heterocycles. The van der Waals surface area contributed by atoms with Crippen molar-refractivity contribution in [3.8, 4) is 11.5 Å². The predicted molar refractivity (Wildman–Crippen MR) is 116 cm³/mol. The Bertz CT molecular complexity index is 1000. The molecule has 1 heterocycles. The summed E-state index contributed by atoms with van der Waals surface area (Å²) < 4.78 is 18.9. The van der Waals surface area contributed by atoms with Crippen LogP contribution in [0.1, 0.15) is 48.2 Å². The molecule has 0 bridgehead atoms. The van der Waals surface area contributed by atoms with Crippen molar-refractivity contribution in [3.05, 3.63) is 83.3 Å². The van der Waals surface area contributed by atoms with E-state index in [2.05, 4.69) is 43.2 Å². The van der Waals surface area contributed by atoms with Gasteiger partial charge in [-0.1, -0.05) is 45.0 Å². The molecule has 6 heteroatoms. The highest BCUT2D eigenvalue weighted by molar-refractivity contribution is 5.98.